The summed E-state index contributed by atoms with van der Waals surface area (Å²) in [6.45, 7) is 10.6. The second kappa shape index (κ2) is 10.9. The molecular formula is C16H28BrIN4S. The second-order valence-electron chi connectivity index (χ2n) is 5.95. The van der Waals surface area contributed by atoms with Gasteiger partial charge in [0.2, 0.25) is 0 Å². The topological polar surface area (TPSA) is 39.7 Å². The molecule has 4 nitrogen and oxygen atoms in total. The number of halogens is 2. The first-order valence-electron chi connectivity index (χ1n) is 8.11. The van der Waals surface area contributed by atoms with Crippen LogP contribution in [-0.4, -0.2) is 42.6 Å². The predicted octanol–water partition coefficient (Wildman–Crippen LogP) is 4.06. The van der Waals surface area contributed by atoms with Crippen LogP contribution in [0, 0.1) is 0 Å². The quantitative estimate of drug-likeness (QED) is 0.353. The molecule has 1 fully saturated rings. The zero-order valence-corrected chi connectivity index (χ0v) is 18.9. The van der Waals surface area contributed by atoms with E-state index in [1.807, 2.05) is 0 Å². The fraction of sp³-hybridized carbons (Fsp3) is 0.688. The molecule has 1 aliphatic heterocycles. The molecule has 2 rings (SSSR count). The standard InChI is InChI=1S/C16H27BrN4S.HI/c1-4-18-16(19-11-14-5-6-15(17)22-14)20-13-7-9-21(10-8-13)12(2)3;/h5-6,12-13H,4,7-11H2,1-3H3,(H2,18,19,20);1H. The van der Waals surface area contributed by atoms with Crippen LogP contribution in [0.15, 0.2) is 20.9 Å². The summed E-state index contributed by atoms with van der Waals surface area (Å²) >= 11 is 5.25. The molecule has 7 heteroatoms. The fourth-order valence-corrected chi connectivity index (χ4v) is 4.07. The molecule has 2 N–H and O–H groups in total. The van der Waals surface area contributed by atoms with Gasteiger partial charge in [0, 0.05) is 36.6 Å². The summed E-state index contributed by atoms with van der Waals surface area (Å²) in [5.74, 6) is 0.940. The van der Waals surface area contributed by atoms with E-state index in [4.69, 9.17) is 4.99 Å². The number of aliphatic imine (C=N–C) groups is 1. The number of thiophene rings is 1. The molecule has 0 aromatic carbocycles. The number of rotatable bonds is 5. The first-order chi connectivity index (χ1) is 10.6. The lowest BCUT2D eigenvalue weighted by Gasteiger charge is -2.35. The van der Waals surface area contributed by atoms with Crippen molar-refractivity contribution in [3.63, 3.8) is 0 Å². The Labute approximate surface area is 169 Å². The SMILES string of the molecule is CCNC(=NCc1ccc(Br)s1)NC1CCN(C(C)C)CC1.I. The molecule has 1 aliphatic rings. The van der Waals surface area contributed by atoms with Crippen molar-refractivity contribution in [2.24, 2.45) is 4.99 Å². The maximum atomic E-state index is 4.72. The summed E-state index contributed by atoms with van der Waals surface area (Å²) in [6, 6.07) is 5.39. The summed E-state index contributed by atoms with van der Waals surface area (Å²) in [7, 11) is 0. The zero-order chi connectivity index (χ0) is 15.9. The van der Waals surface area contributed by atoms with E-state index in [0.717, 1.165) is 22.8 Å². The smallest absolute Gasteiger partial charge is 0.191 e. The molecule has 1 saturated heterocycles. The first kappa shape index (κ1) is 21.2. The third-order valence-electron chi connectivity index (χ3n) is 3.97. The lowest BCUT2D eigenvalue weighted by Crippen LogP contribution is -2.49. The Bertz CT molecular complexity index is 484. The third kappa shape index (κ3) is 7.27. The molecule has 1 aromatic heterocycles. The monoisotopic (exact) mass is 514 g/mol. The van der Waals surface area contributed by atoms with Crippen LogP contribution in [0.2, 0.25) is 0 Å². The lowest BCUT2D eigenvalue weighted by atomic mass is 10.0. The van der Waals surface area contributed by atoms with Crippen LogP contribution in [0.3, 0.4) is 0 Å². The van der Waals surface area contributed by atoms with E-state index in [2.05, 4.69) is 64.4 Å². The molecule has 2 heterocycles. The molecule has 0 unspecified atom stereocenters. The van der Waals surface area contributed by atoms with Gasteiger partial charge < -0.3 is 15.5 Å². The van der Waals surface area contributed by atoms with Crippen molar-refractivity contribution >= 4 is 57.2 Å². The van der Waals surface area contributed by atoms with Gasteiger partial charge in [0.25, 0.3) is 0 Å². The van der Waals surface area contributed by atoms with Gasteiger partial charge in [-0.25, -0.2) is 4.99 Å². The molecular weight excluding hydrogens is 487 g/mol. The number of likely N-dealkylation sites (tertiary alicyclic amines) is 1. The van der Waals surface area contributed by atoms with Gasteiger partial charge in [-0.3, -0.25) is 0 Å². The molecule has 23 heavy (non-hydrogen) atoms. The number of nitrogens with zero attached hydrogens (tertiary/aromatic N) is 2. The Morgan fingerprint density at radius 1 is 1.39 bits per heavy atom. The summed E-state index contributed by atoms with van der Waals surface area (Å²) in [5.41, 5.74) is 0. The van der Waals surface area contributed by atoms with Gasteiger partial charge in [0.1, 0.15) is 0 Å². The summed E-state index contributed by atoms with van der Waals surface area (Å²) in [4.78, 5) is 8.54. The van der Waals surface area contributed by atoms with E-state index >= 15 is 0 Å². The van der Waals surface area contributed by atoms with Crippen molar-refractivity contribution < 1.29 is 0 Å². The number of guanidine groups is 1. The van der Waals surface area contributed by atoms with Crippen molar-refractivity contribution in [2.75, 3.05) is 19.6 Å². The van der Waals surface area contributed by atoms with Gasteiger partial charge in [0.15, 0.2) is 5.96 Å². The van der Waals surface area contributed by atoms with E-state index < -0.39 is 0 Å². The van der Waals surface area contributed by atoms with E-state index in [-0.39, 0.29) is 24.0 Å². The van der Waals surface area contributed by atoms with Crippen molar-refractivity contribution in [3.8, 4) is 0 Å². The summed E-state index contributed by atoms with van der Waals surface area (Å²) in [6.07, 6.45) is 2.38. The Morgan fingerprint density at radius 2 is 2.09 bits per heavy atom. The van der Waals surface area contributed by atoms with E-state index in [1.54, 1.807) is 11.3 Å². The van der Waals surface area contributed by atoms with Crippen LogP contribution >= 0.6 is 51.2 Å². The van der Waals surface area contributed by atoms with Gasteiger partial charge in [-0.15, -0.1) is 35.3 Å². The third-order valence-corrected chi connectivity index (χ3v) is 5.58. The molecule has 0 spiro atoms. The van der Waals surface area contributed by atoms with Crippen molar-refractivity contribution in [1.29, 1.82) is 0 Å². The highest BCUT2D eigenvalue weighted by Gasteiger charge is 2.21. The molecule has 1 aromatic rings. The van der Waals surface area contributed by atoms with Crippen LogP contribution < -0.4 is 10.6 Å². The highest BCUT2D eigenvalue weighted by molar-refractivity contribution is 14.0. The summed E-state index contributed by atoms with van der Waals surface area (Å²) < 4.78 is 1.16. The maximum absolute atomic E-state index is 4.72. The number of hydrogen-bond acceptors (Lipinski definition) is 3. The van der Waals surface area contributed by atoms with Crippen molar-refractivity contribution in [3.05, 3.63) is 20.8 Å². The molecule has 0 bridgehead atoms. The minimum absolute atomic E-state index is 0. The summed E-state index contributed by atoms with van der Waals surface area (Å²) in [5, 5.41) is 6.96. The molecule has 0 aliphatic carbocycles. The highest BCUT2D eigenvalue weighted by atomic mass is 127. The maximum Gasteiger partial charge on any atom is 0.191 e. The van der Waals surface area contributed by atoms with Crippen LogP contribution in [-0.2, 0) is 6.54 Å². The molecule has 0 radical (unpaired) electrons. The van der Waals surface area contributed by atoms with Crippen LogP contribution in [0.4, 0.5) is 0 Å². The van der Waals surface area contributed by atoms with E-state index in [9.17, 15) is 0 Å². The Morgan fingerprint density at radius 3 is 2.61 bits per heavy atom. The lowest BCUT2D eigenvalue weighted by molar-refractivity contribution is 0.167. The van der Waals surface area contributed by atoms with Gasteiger partial charge in [-0.05, 0) is 61.7 Å². The van der Waals surface area contributed by atoms with E-state index in [0.29, 0.717) is 12.1 Å². The first-order valence-corrected chi connectivity index (χ1v) is 9.72. The van der Waals surface area contributed by atoms with E-state index in [1.165, 1.54) is 30.8 Å². The average molecular weight is 515 g/mol. The number of nitrogens with one attached hydrogen (secondary N) is 2. The molecule has 132 valence electrons. The largest absolute Gasteiger partial charge is 0.357 e. The Kier molecular flexibility index (Phi) is 10.0. The van der Waals surface area contributed by atoms with Crippen LogP contribution in [0.5, 0.6) is 0 Å². The van der Waals surface area contributed by atoms with Crippen molar-refractivity contribution in [1.82, 2.24) is 15.5 Å². The normalized spacial score (nSPS) is 17.2. The van der Waals surface area contributed by atoms with Gasteiger partial charge in [-0.1, -0.05) is 0 Å². The van der Waals surface area contributed by atoms with Crippen molar-refractivity contribution in [2.45, 2.75) is 52.2 Å². The number of hydrogen-bond donors (Lipinski definition) is 2. The van der Waals surface area contributed by atoms with Gasteiger partial charge in [-0.2, -0.15) is 0 Å². The Balaban J connectivity index is 0.00000264. The molecule has 0 atom stereocenters. The van der Waals surface area contributed by atoms with Gasteiger partial charge in [0.05, 0.1) is 10.3 Å². The minimum atomic E-state index is 0. The minimum Gasteiger partial charge on any atom is -0.357 e. The average Bonchev–Trinajstić information content (AvgIpc) is 2.91. The molecule has 0 amide bonds. The number of piperidine rings is 1. The fourth-order valence-electron chi connectivity index (χ4n) is 2.67. The van der Waals surface area contributed by atoms with Gasteiger partial charge >= 0.3 is 0 Å². The van der Waals surface area contributed by atoms with Crippen LogP contribution in [0.1, 0.15) is 38.5 Å². The highest BCUT2D eigenvalue weighted by Crippen LogP contribution is 2.22. The predicted molar refractivity (Wildman–Crippen MR) is 115 cm³/mol. The Hall–Kier alpha value is 0.140. The van der Waals surface area contributed by atoms with Crippen LogP contribution in [0.25, 0.3) is 0 Å². The zero-order valence-electron chi connectivity index (χ0n) is 14.1. The second-order valence-corrected chi connectivity index (χ2v) is 8.50. The molecule has 0 saturated carbocycles.